The molecule has 1 aliphatic heterocycles. The zero-order valence-electron chi connectivity index (χ0n) is 7.57. The summed E-state index contributed by atoms with van der Waals surface area (Å²) in [5, 5.41) is 0. The molecule has 3 nitrogen and oxygen atoms in total. The number of allylic oxidation sites excluding steroid dienone is 1. The van der Waals surface area contributed by atoms with Crippen molar-refractivity contribution in [3.8, 4) is 0 Å². The van der Waals surface area contributed by atoms with Gasteiger partial charge in [0, 0.05) is 6.42 Å². The summed E-state index contributed by atoms with van der Waals surface area (Å²) in [5.41, 5.74) is 5.56. The van der Waals surface area contributed by atoms with E-state index in [-0.39, 0.29) is 0 Å². The van der Waals surface area contributed by atoms with Crippen LogP contribution in [0.1, 0.15) is 19.3 Å². The molecule has 3 heteroatoms. The van der Waals surface area contributed by atoms with E-state index in [1.54, 1.807) is 6.20 Å². The Balaban J connectivity index is 1.88. The van der Waals surface area contributed by atoms with Crippen LogP contribution < -0.4 is 5.73 Å². The highest BCUT2D eigenvalue weighted by atomic mass is 16.5. The van der Waals surface area contributed by atoms with Crippen molar-refractivity contribution in [3.63, 3.8) is 0 Å². The molecule has 1 aliphatic carbocycles. The molecule has 1 fully saturated rings. The molecule has 0 aromatic heterocycles. The molecule has 0 spiro atoms. The van der Waals surface area contributed by atoms with Gasteiger partial charge in [-0.3, -0.25) is 0 Å². The van der Waals surface area contributed by atoms with Crippen molar-refractivity contribution in [2.75, 3.05) is 6.61 Å². The van der Waals surface area contributed by atoms with Crippen LogP contribution >= 0.6 is 0 Å². The van der Waals surface area contributed by atoms with E-state index in [0.717, 1.165) is 18.3 Å². The number of nitrogens with two attached hydrogens (primary N) is 1. The highest BCUT2D eigenvalue weighted by Gasteiger charge is 2.21. The summed E-state index contributed by atoms with van der Waals surface area (Å²) in [6, 6.07) is 0. The molecule has 1 heterocycles. The Bertz CT molecular complexity index is 275. The topological polar surface area (TPSA) is 47.6 Å². The summed E-state index contributed by atoms with van der Waals surface area (Å²) < 4.78 is 5.55. The summed E-state index contributed by atoms with van der Waals surface area (Å²) in [7, 11) is 0. The molecule has 1 saturated carbocycles. The Hall–Kier alpha value is -1.25. The molecule has 2 rings (SSSR count). The molecule has 2 aliphatic rings. The maximum atomic E-state index is 5.56. The van der Waals surface area contributed by atoms with Gasteiger partial charge in [-0.25, -0.2) is 4.99 Å². The number of aliphatic imine (C=N–C) groups is 1. The Morgan fingerprint density at radius 3 is 3.15 bits per heavy atom. The zero-order chi connectivity index (χ0) is 9.10. The molecule has 0 unspecified atom stereocenters. The smallest absolute Gasteiger partial charge is 0.137 e. The lowest BCUT2D eigenvalue weighted by Gasteiger charge is -2.03. The second-order valence-corrected chi connectivity index (χ2v) is 3.51. The molecular weight excluding hydrogens is 164 g/mol. The average Bonchev–Trinajstić information content (AvgIpc) is 2.90. The minimum Gasteiger partial charge on any atom is -0.492 e. The second-order valence-electron chi connectivity index (χ2n) is 3.51. The lowest BCUT2D eigenvalue weighted by atomic mass is 10.3. The van der Waals surface area contributed by atoms with Gasteiger partial charge in [0.1, 0.15) is 11.6 Å². The quantitative estimate of drug-likeness (QED) is 0.713. The largest absolute Gasteiger partial charge is 0.492 e. The van der Waals surface area contributed by atoms with E-state index in [2.05, 4.69) is 4.99 Å². The lowest BCUT2D eigenvalue weighted by molar-refractivity contribution is 0.210. The van der Waals surface area contributed by atoms with E-state index < -0.39 is 0 Å². The van der Waals surface area contributed by atoms with Gasteiger partial charge in [-0.2, -0.15) is 0 Å². The van der Waals surface area contributed by atoms with E-state index in [1.165, 1.54) is 12.8 Å². The first-order valence-corrected chi connectivity index (χ1v) is 4.66. The van der Waals surface area contributed by atoms with Gasteiger partial charge in [0.15, 0.2) is 0 Å². The van der Waals surface area contributed by atoms with Gasteiger partial charge in [-0.1, -0.05) is 6.08 Å². The van der Waals surface area contributed by atoms with Gasteiger partial charge in [-0.15, -0.1) is 0 Å². The van der Waals surface area contributed by atoms with Crippen LogP contribution in [0.2, 0.25) is 0 Å². The van der Waals surface area contributed by atoms with Gasteiger partial charge >= 0.3 is 0 Å². The van der Waals surface area contributed by atoms with Gasteiger partial charge < -0.3 is 10.5 Å². The maximum absolute atomic E-state index is 5.56. The molecule has 0 aromatic carbocycles. The van der Waals surface area contributed by atoms with Crippen molar-refractivity contribution in [1.82, 2.24) is 0 Å². The van der Waals surface area contributed by atoms with Gasteiger partial charge in [0.05, 0.1) is 12.8 Å². The van der Waals surface area contributed by atoms with Gasteiger partial charge in [-0.05, 0) is 24.8 Å². The molecular formula is C10H14N2O. The minimum absolute atomic E-state index is 0.640. The van der Waals surface area contributed by atoms with E-state index in [1.807, 2.05) is 12.2 Å². The summed E-state index contributed by atoms with van der Waals surface area (Å²) in [6.07, 6.45) is 8.94. The monoisotopic (exact) mass is 178 g/mol. The first-order valence-electron chi connectivity index (χ1n) is 4.66. The molecule has 0 atom stereocenters. The van der Waals surface area contributed by atoms with Crippen LogP contribution in [0.15, 0.2) is 29.1 Å². The fourth-order valence-corrected chi connectivity index (χ4v) is 1.12. The summed E-state index contributed by atoms with van der Waals surface area (Å²) >= 11 is 0. The van der Waals surface area contributed by atoms with E-state index in [9.17, 15) is 0 Å². The zero-order valence-corrected chi connectivity index (χ0v) is 7.57. The Labute approximate surface area is 78.0 Å². The molecule has 0 amide bonds. The third-order valence-electron chi connectivity index (χ3n) is 2.15. The van der Waals surface area contributed by atoms with Crippen molar-refractivity contribution in [1.29, 1.82) is 0 Å². The van der Waals surface area contributed by atoms with E-state index >= 15 is 0 Å². The Morgan fingerprint density at radius 1 is 1.54 bits per heavy atom. The van der Waals surface area contributed by atoms with Crippen LogP contribution in [-0.4, -0.2) is 12.4 Å². The van der Waals surface area contributed by atoms with Crippen LogP contribution in [0.3, 0.4) is 0 Å². The highest BCUT2D eigenvalue weighted by Crippen LogP contribution is 2.29. The molecule has 0 bridgehead atoms. The van der Waals surface area contributed by atoms with Crippen molar-refractivity contribution in [3.05, 3.63) is 24.1 Å². The number of hydrogen-bond donors (Lipinski definition) is 1. The minimum atomic E-state index is 0.640. The Morgan fingerprint density at radius 2 is 2.38 bits per heavy atom. The van der Waals surface area contributed by atoms with Crippen molar-refractivity contribution in [2.45, 2.75) is 19.3 Å². The standard InChI is InChI=1S/C10H14N2O/c11-10-3-1-2-9(6-12-10)13-7-8-4-5-8/h1-2,6,8H,3-5,7H2,(H2,11,12). The Kier molecular flexibility index (Phi) is 2.34. The lowest BCUT2D eigenvalue weighted by Crippen LogP contribution is -2.08. The molecule has 0 aromatic rings. The van der Waals surface area contributed by atoms with Crippen LogP contribution in [0.25, 0.3) is 0 Å². The van der Waals surface area contributed by atoms with Crippen molar-refractivity contribution < 1.29 is 4.74 Å². The van der Waals surface area contributed by atoms with Crippen molar-refractivity contribution >= 4 is 5.84 Å². The highest BCUT2D eigenvalue weighted by molar-refractivity contribution is 5.82. The van der Waals surface area contributed by atoms with Crippen LogP contribution in [-0.2, 0) is 4.74 Å². The van der Waals surface area contributed by atoms with Gasteiger partial charge in [0.25, 0.3) is 0 Å². The number of amidine groups is 1. The maximum Gasteiger partial charge on any atom is 0.137 e. The van der Waals surface area contributed by atoms with Crippen molar-refractivity contribution in [2.24, 2.45) is 16.6 Å². The van der Waals surface area contributed by atoms with E-state index in [4.69, 9.17) is 10.5 Å². The number of nitrogens with zero attached hydrogens (tertiary/aromatic N) is 1. The fraction of sp³-hybridized carbons (Fsp3) is 0.500. The summed E-state index contributed by atoms with van der Waals surface area (Å²) in [5.74, 6) is 2.24. The number of hydrogen-bond acceptors (Lipinski definition) is 3. The first-order chi connectivity index (χ1) is 6.34. The third-order valence-corrected chi connectivity index (χ3v) is 2.15. The first kappa shape index (κ1) is 8.35. The predicted molar refractivity (Wildman–Crippen MR) is 52.1 cm³/mol. The van der Waals surface area contributed by atoms with Crippen LogP contribution in [0.5, 0.6) is 0 Å². The van der Waals surface area contributed by atoms with E-state index in [0.29, 0.717) is 12.3 Å². The molecule has 13 heavy (non-hydrogen) atoms. The SMILES string of the molecule is NC1=NC=C(OCC2CC2)C=CC1. The summed E-state index contributed by atoms with van der Waals surface area (Å²) in [6.45, 7) is 0.825. The number of ether oxygens (including phenoxy) is 1. The average molecular weight is 178 g/mol. The fourth-order valence-electron chi connectivity index (χ4n) is 1.12. The molecule has 0 saturated heterocycles. The molecule has 70 valence electrons. The van der Waals surface area contributed by atoms with Gasteiger partial charge in [0.2, 0.25) is 0 Å². The van der Waals surface area contributed by atoms with Crippen LogP contribution in [0.4, 0.5) is 0 Å². The normalized spacial score (nSPS) is 21.8. The second kappa shape index (κ2) is 3.64. The summed E-state index contributed by atoms with van der Waals surface area (Å²) in [4.78, 5) is 4.05. The van der Waals surface area contributed by atoms with Crippen LogP contribution in [0, 0.1) is 5.92 Å². The molecule has 2 N–H and O–H groups in total. The molecule has 0 radical (unpaired) electrons. The third kappa shape index (κ3) is 2.61. The predicted octanol–water partition coefficient (Wildman–Crippen LogP) is 1.57. The number of rotatable bonds is 3.